The molecule has 2 aliphatic heterocycles. The molecule has 2 bridgehead atoms. The lowest BCUT2D eigenvalue weighted by Crippen LogP contribution is -2.51. The predicted octanol–water partition coefficient (Wildman–Crippen LogP) is 2.36. The molecule has 2 unspecified atom stereocenters. The summed E-state index contributed by atoms with van der Waals surface area (Å²) in [5, 5.41) is 12.8. The molecule has 2 saturated heterocycles. The molecular formula is C17H21N5OS. The van der Waals surface area contributed by atoms with Crippen LogP contribution >= 0.6 is 11.3 Å². The van der Waals surface area contributed by atoms with Gasteiger partial charge in [-0.15, -0.1) is 10.2 Å². The Labute approximate surface area is 145 Å². The van der Waals surface area contributed by atoms with Gasteiger partial charge in [0.05, 0.1) is 0 Å². The molecule has 0 saturated carbocycles. The van der Waals surface area contributed by atoms with E-state index in [1.807, 2.05) is 4.90 Å². The third-order valence-electron chi connectivity index (χ3n) is 4.76. The van der Waals surface area contributed by atoms with Crippen molar-refractivity contribution in [3.05, 3.63) is 40.4 Å². The van der Waals surface area contributed by atoms with E-state index in [-0.39, 0.29) is 6.03 Å². The van der Waals surface area contributed by atoms with Crippen molar-refractivity contribution in [1.29, 1.82) is 0 Å². The van der Waals surface area contributed by atoms with Gasteiger partial charge in [0.1, 0.15) is 5.01 Å². The van der Waals surface area contributed by atoms with E-state index in [0.717, 1.165) is 44.0 Å². The number of piperazine rings is 1. The molecule has 7 heteroatoms. The van der Waals surface area contributed by atoms with E-state index in [1.54, 1.807) is 0 Å². The zero-order chi connectivity index (χ0) is 16.5. The maximum Gasteiger partial charge on any atom is 0.324 e. The van der Waals surface area contributed by atoms with Gasteiger partial charge in [-0.3, -0.25) is 10.2 Å². The average molecular weight is 343 g/mol. The molecule has 2 atom stereocenters. The SMILES string of the molecule is Cc1ccc(Cc2nnc(NC(=O)N3CCN4CCC3C4)s2)cc1. The molecule has 0 aliphatic carbocycles. The molecule has 1 aromatic heterocycles. The molecule has 1 aromatic carbocycles. The van der Waals surface area contributed by atoms with Crippen LogP contribution in [0.4, 0.5) is 9.93 Å². The number of nitrogens with one attached hydrogen (secondary N) is 1. The maximum absolute atomic E-state index is 12.5. The van der Waals surface area contributed by atoms with Crippen molar-refractivity contribution in [3.63, 3.8) is 0 Å². The Hall–Kier alpha value is -1.99. The van der Waals surface area contributed by atoms with E-state index in [4.69, 9.17) is 0 Å². The monoisotopic (exact) mass is 343 g/mol. The molecule has 4 rings (SSSR count). The fourth-order valence-electron chi connectivity index (χ4n) is 3.39. The standard InChI is InChI=1S/C17H21N5OS/c1-12-2-4-13(5-3-12)10-15-19-20-16(24-15)18-17(23)22-9-8-21-7-6-14(22)11-21/h2-5,14H,6-11H2,1H3,(H,18,20,23). The number of fused-ring (bicyclic) bond motifs is 2. The summed E-state index contributed by atoms with van der Waals surface area (Å²) in [5.74, 6) is 0. The molecule has 2 aromatic rings. The van der Waals surface area contributed by atoms with Crippen molar-refractivity contribution in [2.24, 2.45) is 0 Å². The summed E-state index contributed by atoms with van der Waals surface area (Å²) in [6.07, 6.45) is 1.82. The summed E-state index contributed by atoms with van der Waals surface area (Å²) in [7, 11) is 0. The van der Waals surface area contributed by atoms with Crippen LogP contribution < -0.4 is 5.32 Å². The fourth-order valence-corrected chi connectivity index (χ4v) is 4.15. The summed E-state index contributed by atoms with van der Waals surface area (Å²) in [4.78, 5) is 16.9. The van der Waals surface area contributed by atoms with E-state index < -0.39 is 0 Å². The van der Waals surface area contributed by atoms with Crippen LogP contribution in [0.5, 0.6) is 0 Å². The predicted molar refractivity (Wildman–Crippen MR) is 94.5 cm³/mol. The summed E-state index contributed by atoms with van der Waals surface area (Å²) < 4.78 is 0. The van der Waals surface area contributed by atoms with Gasteiger partial charge in [0.2, 0.25) is 5.13 Å². The molecule has 2 aliphatic rings. The second-order valence-corrected chi connectivity index (χ2v) is 7.59. The number of rotatable bonds is 3. The highest BCUT2D eigenvalue weighted by atomic mass is 32.1. The van der Waals surface area contributed by atoms with Gasteiger partial charge in [0.15, 0.2) is 0 Å². The second-order valence-electron chi connectivity index (χ2n) is 6.53. The van der Waals surface area contributed by atoms with Crippen LogP contribution in [-0.4, -0.2) is 58.2 Å². The van der Waals surface area contributed by atoms with E-state index >= 15 is 0 Å². The van der Waals surface area contributed by atoms with Crippen molar-refractivity contribution >= 4 is 22.5 Å². The Morgan fingerprint density at radius 3 is 2.92 bits per heavy atom. The highest BCUT2D eigenvalue weighted by Crippen LogP contribution is 2.23. The summed E-state index contributed by atoms with van der Waals surface area (Å²) in [6, 6.07) is 8.71. The van der Waals surface area contributed by atoms with Crippen LogP contribution in [0.25, 0.3) is 0 Å². The van der Waals surface area contributed by atoms with Crippen LogP contribution in [-0.2, 0) is 6.42 Å². The number of aromatic nitrogens is 2. The second kappa shape index (κ2) is 6.49. The van der Waals surface area contributed by atoms with Gasteiger partial charge < -0.3 is 4.90 Å². The molecular weight excluding hydrogens is 322 g/mol. The molecule has 2 amide bonds. The quantitative estimate of drug-likeness (QED) is 0.929. The topological polar surface area (TPSA) is 61.4 Å². The van der Waals surface area contributed by atoms with Gasteiger partial charge in [-0.05, 0) is 18.9 Å². The van der Waals surface area contributed by atoms with E-state index in [0.29, 0.717) is 11.2 Å². The van der Waals surface area contributed by atoms with Crippen LogP contribution in [0.2, 0.25) is 0 Å². The Morgan fingerprint density at radius 1 is 1.25 bits per heavy atom. The fraction of sp³-hybridized carbons (Fsp3) is 0.471. The van der Waals surface area contributed by atoms with Gasteiger partial charge >= 0.3 is 6.03 Å². The first-order valence-electron chi connectivity index (χ1n) is 8.35. The van der Waals surface area contributed by atoms with Crippen molar-refractivity contribution < 1.29 is 4.79 Å². The molecule has 6 nitrogen and oxygen atoms in total. The molecule has 126 valence electrons. The minimum atomic E-state index is -0.0421. The highest BCUT2D eigenvalue weighted by molar-refractivity contribution is 7.15. The van der Waals surface area contributed by atoms with Crippen LogP contribution in [0, 0.1) is 6.92 Å². The number of amides is 2. The number of carbonyl (C=O) groups is 1. The smallest absolute Gasteiger partial charge is 0.319 e. The lowest BCUT2D eigenvalue weighted by Gasteiger charge is -2.33. The number of hydrogen-bond donors (Lipinski definition) is 1. The third-order valence-corrected chi connectivity index (χ3v) is 5.60. The number of anilines is 1. The van der Waals surface area contributed by atoms with E-state index in [1.165, 1.54) is 22.5 Å². The number of nitrogens with zero attached hydrogens (tertiary/aromatic N) is 4. The largest absolute Gasteiger partial charge is 0.324 e. The van der Waals surface area contributed by atoms with Gasteiger partial charge in [-0.25, -0.2) is 4.79 Å². The van der Waals surface area contributed by atoms with Gasteiger partial charge in [-0.2, -0.15) is 0 Å². The average Bonchev–Trinajstić information content (AvgIpc) is 3.17. The minimum absolute atomic E-state index is 0.0421. The van der Waals surface area contributed by atoms with Gasteiger partial charge in [0.25, 0.3) is 0 Å². The summed E-state index contributed by atoms with van der Waals surface area (Å²) in [5.41, 5.74) is 2.45. The minimum Gasteiger partial charge on any atom is -0.319 e. The molecule has 2 fully saturated rings. The first-order chi connectivity index (χ1) is 11.7. The molecule has 0 radical (unpaired) electrons. The Balaban J connectivity index is 1.38. The Morgan fingerprint density at radius 2 is 2.08 bits per heavy atom. The van der Waals surface area contributed by atoms with Crippen LogP contribution in [0.1, 0.15) is 22.6 Å². The maximum atomic E-state index is 12.5. The zero-order valence-corrected chi connectivity index (χ0v) is 14.6. The number of carbonyl (C=O) groups excluding carboxylic acids is 1. The molecule has 3 heterocycles. The van der Waals surface area contributed by atoms with E-state index in [9.17, 15) is 4.79 Å². The number of benzene rings is 1. The molecule has 24 heavy (non-hydrogen) atoms. The number of hydrogen-bond acceptors (Lipinski definition) is 5. The summed E-state index contributed by atoms with van der Waals surface area (Å²) >= 11 is 1.45. The first-order valence-corrected chi connectivity index (χ1v) is 9.17. The number of aryl methyl sites for hydroxylation is 1. The van der Waals surface area contributed by atoms with Gasteiger partial charge in [-0.1, -0.05) is 41.2 Å². The van der Waals surface area contributed by atoms with Crippen molar-refractivity contribution in [3.8, 4) is 0 Å². The van der Waals surface area contributed by atoms with Crippen LogP contribution in [0.15, 0.2) is 24.3 Å². The number of urea groups is 1. The van der Waals surface area contributed by atoms with Crippen molar-refractivity contribution in [1.82, 2.24) is 20.0 Å². The van der Waals surface area contributed by atoms with E-state index in [2.05, 4.69) is 51.6 Å². The lowest BCUT2D eigenvalue weighted by molar-refractivity contribution is 0.153. The normalized spacial score (nSPS) is 22.6. The Bertz CT molecular complexity index is 729. The van der Waals surface area contributed by atoms with Crippen molar-refractivity contribution in [2.75, 3.05) is 31.5 Å². The highest BCUT2D eigenvalue weighted by Gasteiger charge is 2.35. The van der Waals surface area contributed by atoms with Crippen LogP contribution in [0.3, 0.4) is 0 Å². The first kappa shape index (κ1) is 15.5. The van der Waals surface area contributed by atoms with Crippen molar-refractivity contribution in [2.45, 2.75) is 25.8 Å². The lowest BCUT2D eigenvalue weighted by atomic mass is 10.1. The summed E-state index contributed by atoms with van der Waals surface area (Å²) in [6.45, 7) is 5.95. The zero-order valence-electron chi connectivity index (χ0n) is 13.7. The Kier molecular flexibility index (Phi) is 4.20. The van der Waals surface area contributed by atoms with Gasteiger partial charge in [0, 0.05) is 38.6 Å². The third kappa shape index (κ3) is 3.27. The molecule has 0 spiro atoms. The molecule has 1 N–H and O–H groups in total.